The number of nitrogens with one attached hydrogen (secondary N) is 2. The van der Waals surface area contributed by atoms with Gasteiger partial charge in [-0.05, 0) is 55.2 Å². The summed E-state index contributed by atoms with van der Waals surface area (Å²) in [5, 5.41) is 6.30. The standard InChI is InChI=1S/C18H18Cl2N2O2/c1-11-4-3-5-16(12(11)2)22-18(24)17(23)21-9-8-13-6-7-14(19)10-15(13)20/h3-7,10H,8-9H2,1-2H3,(H,21,23)(H,22,24). The number of anilines is 1. The number of carbonyl (C=O) groups is 2. The molecule has 0 saturated carbocycles. The summed E-state index contributed by atoms with van der Waals surface area (Å²) < 4.78 is 0. The third-order valence-electron chi connectivity index (χ3n) is 3.75. The smallest absolute Gasteiger partial charge is 0.313 e. The third kappa shape index (κ3) is 4.73. The Bertz CT molecular complexity index is 776. The Kier molecular flexibility index (Phi) is 6.23. The molecule has 2 aromatic rings. The van der Waals surface area contributed by atoms with Crippen LogP contribution in [0.3, 0.4) is 0 Å². The van der Waals surface area contributed by atoms with E-state index >= 15 is 0 Å². The molecule has 2 N–H and O–H groups in total. The lowest BCUT2D eigenvalue weighted by Gasteiger charge is -2.10. The van der Waals surface area contributed by atoms with Crippen LogP contribution in [0.25, 0.3) is 0 Å². The molecular formula is C18H18Cl2N2O2. The van der Waals surface area contributed by atoms with Gasteiger partial charge in [0.15, 0.2) is 0 Å². The van der Waals surface area contributed by atoms with E-state index in [2.05, 4.69) is 10.6 Å². The first-order valence-electron chi connectivity index (χ1n) is 7.48. The van der Waals surface area contributed by atoms with Gasteiger partial charge in [-0.15, -0.1) is 0 Å². The molecule has 0 heterocycles. The maximum atomic E-state index is 12.0. The zero-order chi connectivity index (χ0) is 17.7. The van der Waals surface area contributed by atoms with E-state index in [-0.39, 0.29) is 0 Å². The van der Waals surface area contributed by atoms with Crippen molar-refractivity contribution in [2.45, 2.75) is 20.3 Å². The van der Waals surface area contributed by atoms with Gasteiger partial charge in [0.1, 0.15) is 0 Å². The molecule has 126 valence electrons. The molecule has 0 bridgehead atoms. The zero-order valence-electron chi connectivity index (χ0n) is 13.5. The van der Waals surface area contributed by atoms with Crippen LogP contribution in [-0.2, 0) is 16.0 Å². The summed E-state index contributed by atoms with van der Waals surface area (Å²) in [6, 6.07) is 10.7. The van der Waals surface area contributed by atoms with E-state index in [1.807, 2.05) is 26.0 Å². The zero-order valence-corrected chi connectivity index (χ0v) is 15.0. The van der Waals surface area contributed by atoms with Crippen molar-refractivity contribution in [2.24, 2.45) is 0 Å². The molecule has 0 atom stereocenters. The number of amides is 2. The first-order valence-corrected chi connectivity index (χ1v) is 8.23. The van der Waals surface area contributed by atoms with Crippen molar-refractivity contribution < 1.29 is 9.59 Å². The first-order chi connectivity index (χ1) is 11.4. The Morgan fingerprint density at radius 1 is 1.04 bits per heavy atom. The maximum absolute atomic E-state index is 12.0. The maximum Gasteiger partial charge on any atom is 0.313 e. The van der Waals surface area contributed by atoms with Crippen LogP contribution in [0, 0.1) is 13.8 Å². The SMILES string of the molecule is Cc1cccc(NC(=O)C(=O)NCCc2ccc(Cl)cc2Cl)c1C. The number of aryl methyl sites for hydroxylation is 1. The second kappa shape index (κ2) is 8.18. The van der Waals surface area contributed by atoms with E-state index in [4.69, 9.17) is 23.2 Å². The molecule has 0 fully saturated rings. The van der Waals surface area contributed by atoms with Gasteiger partial charge in [-0.25, -0.2) is 0 Å². The van der Waals surface area contributed by atoms with Crippen molar-refractivity contribution in [3.63, 3.8) is 0 Å². The van der Waals surface area contributed by atoms with E-state index in [0.29, 0.717) is 28.7 Å². The van der Waals surface area contributed by atoms with Crippen LogP contribution in [-0.4, -0.2) is 18.4 Å². The summed E-state index contributed by atoms with van der Waals surface area (Å²) in [6.45, 7) is 4.15. The monoisotopic (exact) mass is 364 g/mol. The first kappa shape index (κ1) is 18.3. The molecule has 2 aromatic carbocycles. The van der Waals surface area contributed by atoms with Crippen molar-refractivity contribution >= 4 is 40.7 Å². The van der Waals surface area contributed by atoms with E-state index in [1.54, 1.807) is 24.3 Å². The van der Waals surface area contributed by atoms with Crippen LogP contribution in [0.2, 0.25) is 10.0 Å². The molecule has 0 saturated heterocycles. The highest BCUT2D eigenvalue weighted by molar-refractivity contribution is 6.39. The number of carbonyl (C=O) groups excluding carboxylic acids is 2. The molecule has 0 spiro atoms. The summed E-state index contributed by atoms with van der Waals surface area (Å²) in [4.78, 5) is 23.9. The predicted molar refractivity (Wildman–Crippen MR) is 97.7 cm³/mol. The lowest BCUT2D eigenvalue weighted by molar-refractivity contribution is -0.136. The van der Waals surface area contributed by atoms with E-state index in [1.165, 1.54) is 0 Å². The highest BCUT2D eigenvalue weighted by Gasteiger charge is 2.14. The van der Waals surface area contributed by atoms with Gasteiger partial charge in [-0.2, -0.15) is 0 Å². The van der Waals surface area contributed by atoms with Crippen LogP contribution in [0.5, 0.6) is 0 Å². The molecule has 0 aliphatic carbocycles. The van der Waals surface area contributed by atoms with Crippen molar-refractivity contribution in [3.8, 4) is 0 Å². The van der Waals surface area contributed by atoms with Crippen molar-refractivity contribution in [3.05, 3.63) is 63.1 Å². The lowest BCUT2D eigenvalue weighted by atomic mass is 10.1. The average Bonchev–Trinajstić information content (AvgIpc) is 2.53. The summed E-state index contributed by atoms with van der Waals surface area (Å²) in [7, 11) is 0. The Labute approximate surface area is 151 Å². The number of hydrogen-bond acceptors (Lipinski definition) is 2. The van der Waals surface area contributed by atoms with Crippen LogP contribution >= 0.6 is 23.2 Å². The van der Waals surface area contributed by atoms with Crippen molar-refractivity contribution in [1.82, 2.24) is 5.32 Å². The second-order valence-corrected chi connectivity index (χ2v) is 6.29. The van der Waals surface area contributed by atoms with Crippen LogP contribution in [0.1, 0.15) is 16.7 Å². The van der Waals surface area contributed by atoms with Gasteiger partial charge in [0.2, 0.25) is 0 Å². The lowest BCUT2D eigenvalue weighted by Crippen LogP contribution is -2.36. The molecule has 2 rings (SSSR count). The van der Waals surface area contributed by atoms with Gasteiger partial charge < -0.3 is 10.6 Å². The number of rotatable bonds is 4. The summed E-state index contributed by atoms with van der Waals surface area (Å²) in [5.41, 5.74) is 3.48. The minimum atomic E-state index is -0.689. The molecule has 0 unspecified atom stereocenters. The largest absolute Gasteiger partial charge is 0.347 e. The van der Waals surface area contributed by atoms with Gasteiger partial charge in [0, 0.05) is 22.3 Å². The molecule has 0 aliphatic heterocycles. The molecule has 0 aliphatic rings. The number of halogens is 2. The van der Waals surface area contributed by atoms with Gasteiger partial charge in [-0.3, -0.25) is 9.59 Å². The molecule has 24 heavy (non-hydrogen) atoms. The average molecular weight is 365 g/mol. The van der Waals surface area contributed by atoms with Gasteiger partial charge in [0.25, 0.3) is 0 Å². The van der Waals surface area contributed by atoms with Crippen LogP contribution in [0.4, 0.5) is 5.69 Å². The highest BCUT2D eigenvalue weighted by atomic mass is 35.5. The quantitative estimate of drug-likeness (QED) is 0.808. The predicted octanol–water partition coefficient (Wildman–Crippen LogP) is 3.91. The number of hydrogen-bond donors (Lipinski definition) is 2. The normalized spacial score (nSPS) is 10.3. The minimum Gasteiger partial charge on any atom is -0.347 e. The fourth-order valence-electron chi connectivity index (χ4n) is 2.18. The fraction of sp³-hybridized carbons (Fsp3) is 0.222. The Balaban J connectivity index is 1.88. The van der Waals surface area contributed by atoms with Gasteiger partial charge in [-0.1, -0.05) is 41.4 Å². The Morgan fingerprint density at radius 2 is 1.79 bits per heavy atom. The van der Waals surface area contributed by atoms with E-state index in [9.17, 15) is 9.59 Å². The number of benzene rings is 2. The molecule has 0 radical (unpaired) electrons. The summed E-state index contributed by atoms with van der Waals surface area (Å²) in [5.74, 6) is -1.37. The molecule has 2 amide bonds. The molecule has 4 nitrogen and oxygen atoms in total. The van der Waals surface area contributed by atoms with Gasteiger partial charge in [0.05, 0.1) is 0 Å². The Hall–Kier alpha value is -2.04. The van der Waals surface area contributed by atoms with E-state index in [0.717, 1.165) is 16.7 Å². The van der Waals surface area contributed by atoms with Gasteiger partial charge >= 0.3 is 11.8 Å². The van der Waals surface area contributed by atoms with Crippen molar-refractivity contribution in [1.29, 1.82) is 0 Å². The minimum absolute atomic E-state index is 0.306. The molecule has 6 heteroatoms. The van der Waals surface area contributed by atoms with Crippen LogP contribution in [0.15, 0.2) is 36.4 Å². The molecule has 0 aromatic heterocycles. The molecular weight excluding hydrogens is 347 g/mol. The summed E-state index contributed by atoms with van der Waals surface area (Å²) >= 11 is 11.9. The van der Waals surface area contributed by atoms with Crippen molar-refractivity contribution in [2.75, 3.05) is 11.9 Å². The highest BCUT2D eigenvalue weighted by Crippen LogP contribution is 2.21. The fourth-order valence-corrected chi connectivity index (χ4v) is 2.68. The third-order valence-corrected chi connectivity index (χ3v) is 4.34. The second-order valence-electron chi connectivity index (χ2n) is 5.44. The summed E-state index contributed by atoms with van der Waals surface area (Å²) in [6.07, 6.45) is 0.512. The topological polar surface area (TPSA) is 58.2 Å². The van der Waals surface area contributed by atoms with E-state index < -0.39 is 11.8 Å². The van der Waals surface area contributed by atoms with Crippen LogP contribution < -0.4 is 10.6 Å². The Morgan fingerprint density at radius 3 is 2.50 bits per heavy atom.